The molecule has 2 nitrogen and oxygen atoms in total. The van der Waals surface area contributed by atoms with E-state index in [1.807, 2.05) is 11.3 Å². The van der Waals surface area contributed by atoms with E-state index in [0.717, 1.165) is 11.8 Å². The van der Waals surface area contributed by atoms with E-state index in [1.54, 1.807) is 0 Å². The maximum absolute atomic E-state index is 5.77. The summed E-state index contributed by atoms with van der Waals surface area (Å²) >= 11 is 1.82. The molecule has 0 radical (unpaired) electrons. The molecule has 3 unspecified atom stereocenters. The smallest absolute Gasteiger partial charge is 0.0584 e. The highest BCUT2D eigenvalue weighted by molar-refractivity contribution is 7.10. The van der Waals surface area contributed by atoms with Crippen LogP contribution in [0.1, 0.15) is 49.9 Å². The van der Waals surface area contributed by atoms with E-state index in [4.69, 9.17) is 5.84 Å². The van der Waals surface area contributed by atoms with Gasteiger partial charge in [0.25, 0.3) is 0 Å². The van der Waals surface area contributed by atoms with Crippen molar-refractivity contribution in [3.05, 3.63) is 22.4 Å². The molecule has 3 N–H and O–H groups in total. The highest BCUT2D eigenvalue weighted by atomic mass is 32.1. The Labute approximate surface area is 102 Å². The highest BCUT2D eigenvalue weighted by Crippen LogP contribution is 2.40. The quantitative estimate of drug-likeness (QED) is 0.622. The van der Waals surface area contributed by atoms with Crippen molar-refractivity contribution in [1.82, 2.24) is 5.43 Å². The van der Waals surface area contributed by atoms with E-state index < -0.39 is 0 Å². The normalized spacial score (nSPS) is 27.9. The SMILES string of the molecule is CCC1CCCCC1C(NN)c1cccs1. The van der Waals surface area contributed by atoms with E-state index >= 15 is 0 Å². The van der Waals surface area contributed by atoms with Gasteiger partial charge < -0.3 is 0 Å². The molecule has 3 heteroatoms. The lowest BCUT2D eigenvalue weighted by atomic mass is 9.74. The van der Waals surface area contributed by atoms with Crippen LogP contribution in [0.5, 0.6) is 0 Å². The molecule has 1 aliphatic rings. The van der Waals surface area contributed by atoms with Gasteiger partial charge in [-0.3, -0.25) is 11.3 Å². The third-order valence-electron chi connectivity index (χ3n) is 3.95. The number of hydrogen-bond donors (Lipinski definition) is 2. The third-order valence-corrected chi connectivity index (χ3v) is 4.91. The van der Waals surface area contributed by atoms with Gasteiger partial charge in [0.05, 0.1) is 6.04 Å². The molecule has 90 valence electrons. The molecule has 3 atom stereocenters. The summed E-state index contributed by atoms with van der Waals surface area (Å²) in [6, 6.07) is 4.69. The molecule has 0 aliphatic heterocycles. The van der Waals surface area contributed by atoms with Gasteiger partial charge >= 0.3 is 0 Å². The summed E-state index contributed by atoms with van der Waals surface area (Å²) < 4.78 is 0. The Hall–Kier alpha value is -0.380. The molecule has 0 saturated heterocycles. The van der Waals surface area contributed by atoms with Crippen molar-refractivity contribution >= 4 is 11.3 Å². The summed E-state index contributed by atoms with van der Waals surface area (Å²) in [7, 11) is 0. The molecule has 16 heavy (non-hydrogen) atoms. The van der Waals surface area contributed by atoms with E-state index in [2.05, 4.69) is 29.9 Å². The maximum atomic E-state index is 5.77. The summed E-state index contributed by atoms with van der Waals surface area (Å²) in [5.74, 6) is 7.34. The van der Waals surface area contributed by atoms with Crippen LogP contribution in [0.3, 0.4) is 0 Å². The Kier molecular flexibility index (Phi) is 4.38. The Morgan fingerprint density at radius 3 is 2.94 bits per heavy atom. The minimum absolute atomic E-state index is 0.366. The summed E-state index contributed by atoms with van der Waals surface area (Å²) in [4.78, 5) is 1.40. The van der Waals surface area contributed by atoms with Gasteiger partial charge in [-0.25, -0.2) is 0 Å². The Bertz CT molecular complexity index is 297. The van der Waals surface area contributed by atoms with Gasteiger partial charge in [-0.15, -0.1) is 11.3 Å². The highest BCUT2D eigenvalue weighted by Gasteiger charge is 2.31. The number of thiophene rings is 1. The fourth-order valence-electron chi connectivity index (χ4n) is 3.07. The average Bonchev–Trinajstić information content (AvgIpc) is 2.84. The Morgan fingerprint density at radius 2 is 2.31 bits per heavy atom. The van der Waals surface area contributed by atoms with E-state index in [1.165, 1.54) is 37.0 Å². The second-order valence-electron chi connectivity index (χ2n) is 4.78. The molecule has 1 saturated carbocycles. The van der Waals surface area contributed by atoms with Crippen LogP contribution in [0.25, 0.3) is 0 Å². The van der Waals surface area contributed by atoms with Gasteiger partial charge in [0, 0.05) is 4.88 Å². The number of hydrogen-bond acceptors (Lipinski definition) is 3. The molecule has 0 spiro atoms. The van der Waals surface area contributed by atoms with Crippen molar-refractivity contribution in [3.8, 4) is 0 Å². The minimum Gasteiger partial charge on any atom is -0.271 e. The molecule has 1 aromatic heterocycles. The summed E-state index contributed by atoms with van der Waals surface area (Å²) in [5.41, 5.74) is 3.05. The Balaban J connectivity index is 2.13. The van der Waals surface area contributed by atoms with Crippen molar-refractivity contribution in [2.24, 2.45) is 17.7 Å². The van der Waals surface area contributed by atoms with Crippen LogP contribution in [-0.2, 0) is 0 Å². The topological polar surface area (TPSA) is 38.0 Å². The molecule has 2 rings (SSSR count). The fraction of sp³-hybridized carbons (Fsp3) is 0.692. The van der Waals surface area contributed by atoms with Crippen LogP contribution < -0.4 is 11.3 Å². The largest absolute Gasteiger partial charge is 0.271 e. The summed E-state index contributed by atoms with van der Waals surface area (Å²) in [5, 5.41) is 2.14. The van der Waals surface area contributed by atoms with Crippen LogP contribution in [0.2, 0.25) is 0 Å². The lowest BCUT2D eigenvalue weighted by Crippen LogP contribution is -2.37. The molecule has 1 aromatic rings. The van der Waals surface area contributed by atoms with Gasteiger partial charge in [0.1, 0.15) is 0 Å². The second-order valence-corrected chi connectivity index (χ2v) is 5.76. The van der Waals surface area contributed by atoms with Crippen molar-refractivity contribution in [2.45, 2.75) is 45.1 Å². The molecule has 0 aromatic carbocycles. The first-order chi connectivity index (χ1) is 7.86. The second kappa shape index (κ2) is 5.80. The first-order valence-electron chi connectivity index (χ1n) is 6.36. The zero-order chi connectivity index (χ0) is 11.4. The fourth-order valence-corrected chi connectivity index (χ4v) is 3.93. The van der Waals surface area contributed by atoms with Crippen molar-refractivity contribution in [2.75, 3.05) is 0 Å². The molecular weight excluding hydrogens is 216 g/mol. The van der Waals surface area contributed by atoms with Gasteiger partial charge in [-0.05, 0) is 29.7 Å². The Morgan fingerprint density at radius 1 is 1.50 bits per heavy atom. The molecule has 0 amide bonds. The molecule has 1 aliphatic carbocycles. The summed E-state index contributed by atoms with van der Waals surface area (Å²) in [6.07, 6.45) is 6.76. The number of hydrazine groups is 1. The standard InChI is InChI=1S/C13H22N2S/c1-2-10-6-3-4-7-11(10)13(15-14)12-8-5-9-16-12/h5,8-11,13,15H,2-4,6-7,14H2,1H3. The van der Waals surface area contributed by atoms with Gasteiger partial charge in [0.2, 0.25) is 0 Å². The monoisotopic (exact) mass is 238 g/mol. The lowest BCUT2D eigenvalue weighted by Gasteiger charge is -2.36. The molecule has 0 bridgehead atoms. The zero-order valence-electron chi connectivity index (χ0n) is 9.99. The predicted molar refractivity (Wildman–Crippen MR) is 70.1 cm³/mol. The summed E-state index contributed by atoms with van der Waals surface area (Å²) in [6.45, 7) is 2.31. The van der Waals surface area contributed by atoms with Gasteiger partial charge in [-0.1, -0.05) is 38.7 Å². The predicted octanol–water partition coefficient (Wildman–Crippen LogP) is 3.47. The van der Waals surface area contributed by atoms with E-state index in [-0.39, 0.29) is 0 Å². The lowest BCUT2D eigenvalue weighted by molar-refractivity contribution is 0.178. The van der Waals surface area contributed by atoms with Crippen LogP contribution in [-0.4, -0.2) is 0 Å². The molecular formula is C13H22N2S. The van der Waals surface area contributed by atoms with Gasteiger partial charge in [-0.2, -0.15) is 0 Å². The first-order valence-corrected chi connectivity index (χ1v) is 7.24. The third kappa shape index (κ3) is 2.47. The molecule has 1 fully saturated rings. The number of nitrogens with two attached hydrogens (primary N) is 1. The van der Waals surface area contributed by atoms with Gasteiger partial charge in [0.15, 0.2) is 0 Å². The van der Waals surface area contributed by atoms with Crippen molar-refractivity contribution in [1.29, 1.82) is 0 Å². The average molecular weight is 238 g/mol. The van der Waals surface area contributed by atoms with Crippen LogP contribution >= 0.6 is 11.3 Å². The van der Waals surface area contributed by atoms with Crippen LogP contribution in [0.4, 0.5) is 0 Å². The first kappa shape index (κ1) is 12.1. The maximum Gasteiger partial charge on any atom is 0.0584 e. The van der Waals surface area contributed by atoms with Crippen LogP contribution in [0, 0.1) is 11.8 Å². The molecule has 1 heterocycles. The number of nitrogens with one attached hydrogen (secondary N) is 1. The van der Waals surface area contributed by atoms with E-state index in [0.29, 0.717) is 6.04 Å². The van der Waals surface area contributed by atoms with Crippen molar-refractivity contribution < 1.29 is 0 Å². The minimum atomic E-state index is 0.366. The number of rotatable bonds is 4. The van der Waals surface area contributed by atoms with Crippen LogP contribution in [0.15, 0.2) is 17.5 Å². The van der Waals surface area contributed by atoms with Crippen molar-refractivity contribution in [3.63, 3.8) is 0 Å². The van der Waals surface area contributed by atoms with E-state index in [9.17, 15) is 0 Å². The zero-order valence-corrected chi connectivity index (χ0v) is 10.8.